The van der Waals surface area contributed by atoms with Gasteiger partial charge in [-0.3, -0.25) is 4.68 Å². The largest absolute Gasteiger partial charge is 0.309 e. The molecule has 0 bridgehead atoms. The molecule has 0 saturated heterocycles. The highest BCUT2D eigenvalue weighted by Gasteiger charge is 2.38. The number of fused-ring (bicyclic) bond motifs is 10. The molecule has 53 heavy (non-hydrogen) atoms. The predicted octanol–water partition coefficient (Wildman–Crippen LogP) is 13.0. The second-order valence-corrected chi connectivity index (χ2v) is 15.9. The molecule has 0 spiro atoms. The van der Waals surface area contributed by atoms with E-state index in [2.05, 4.69) is 181 Å². The van der Waals surface area contributed by atoms with Crippen molar-refractivity contribution < 1.29 is 0 Å². The first-order valence-corrected chi connectivity index (χ1v) is 19.1. The van der Waals surface area contributed by atoms with Crippen LogP contribution in [0.1, 0.15) is 30.5 Å². The van der Waals surface area contributed by atoms with Crippen molar-refractivity contribution in [1.82, 2.24) is 14.3 Å². The second kappa shape index (κ2) is 11.4. The van der Waals surface area contributed by atoms with Gasteiger partial charge in [0.2, 0.25) is 0 Å². The Morgan fingerprint density at radius 2 is 1.32 bits per heavy atom. The first-order chi connectivity index (χ1) is 26.0. The van der Waals surface area contributed by atoms with Crippen LogP contribution in [-0.2, 0) is 12.0 Å². The summed E-state index contributed by atoms with van der Waals surface area (Å²) in [6.07, 6.45) is 1.92. The lowest BCUT2D eigenvalue weighted by molar-refractivity contribution is 0.664. The Kier molecular flexibility index (Phi) is 6.53. The topological polar surface area (TPSA) is 22.8 Å². The van der Waals surface area contributed by atoms with E-state index in [9.17, 15) is 0 Å². The Hall–Kier alpha value is -6.23. The van der Waals surface area contributed by atoms with Gasteiger partial charge in [-0.05, 0) is 74.8 Å². The minimum Gasteiger partial charge on any atom is -0.309 e. The van der Waals surface area contributed by atoms with Crippen LogP contribution in [-0.4, -0.2) is 14.3 Å². The monoisotopic (exact) mass is 697 g/mol. The van der Waals surface area contributed by atoms with Crippen LogP contribution in [0, 0.1) is 0 Å². The number of rotatable bonds is 5. The zero-order valence-corrected chi connectivity index (χ0v) is 30.4. The second-order valence-electron chi connectivity index (χ2n) is 14.8. The molecule has 0 amide bonds. The summed E-state index contributed by atoms with van der Waals surface area (Å²) in [5.41, 5.74) is 15.0. The Morgan fingerprint density at radius 3 is 2.23 bits per heavy atom. The molecule has 0 unspecified atom stereocenters. The van der Waals surface area contributed by atoms with E-state index in [-0.39, 0.29) is 5.41 Å². The van der Waals surface area contributed by atoms with E-state index < -0.39 is 0 Å². The molecule has 3 heterocycles. The van der Waals surface area contributed by atoms with Gasteiger partial charge in [0.15, 0.2) is 0 Å². The van der Waals surface area contributed by atoms with Crippen LogP contribution in [0.25, 0.3) is 81.2 Å². The van der Waals surface area contributed by atoms with E-state index in [0.29, 0.717) is 6.54 Å². The van der Waals surface area contributed by atoms with Crippen molar-refractivity contribution >= 4 is 53.3 Å². The molecule has 11 rings (SSSR count). The molecular formula is C49H35N3S. The van der Waals surface area contributed by atoms with Crippen LogP contribution >= 0.6 is 11.3 Å². The zero-order valence-electron chi connectivity index (χ0n) is 29.5. The van der Waals surface area contributed by atoms with Gasteiger partial charge in [0.05, 0.1) is 23.3 Å². The lowest BCUT2D eigenvalue weighted by Crippen LogP contribution is -2.16. The van der Waals surface area contributed by atoms with Crippen LogP contribution < -0.4 is 0 Å². The molecule has 1 aliphatic carbocycles. The van der Waals surface area contributed by atoms with E-state index in [4.69, 9.17) is 5.10 Å². The molecule has 0 radical (unpaired) electrons. The van der Waals surface area contributed by atoms with Gasteiger partial charge in [0.25, 0.3) is 0 Å². The maximum absolute atomic E-state index is 4.83. The Bertz CT molecular complexity index is 3060. The summed E-state index contributed by atoms with van der Waals surface area (Å²) in [7, 11) is 0. The quantitative estimate of drug-likeness (QED) is 0.176. The molecule has 0 atom stereocenters. The molecule has 0 N–H and O–H groups in total. The van der Waals surface area contributed by atoms with Gasteiger partial charge < -0.3 is 4.57 Å². The van der Waals surface area contributed by atoms with Crippen molar-refractivity contribution in [2.45, 2.75) is 25.8 Å². The maximum Gasteiger partial charge on any atom is 0.0686 e. The fraction of sp³-hybridized carbons (Fsp3) is 0.0816. The van der Waals surface area contributed by atoms with E-state index in [0.717, 1.165) is 11.3 Å². The van der Waals surface area contributed by atoms with Crippen LogP contribution in [0.2, 0.25) is 0 Å². The van der Waals surface area contributed by atoms with Crippen LogP contribution in [0.15, 0.2) is 164 Å². The fourth-order valence-corrected chi connectivity index (χ4v) is 10.3. The Balaban J connectivity index is 0.975. The minimum atomic E-state index is -0.126. The Labute approximate surface area is 312 Å². The predicted molar refractivity (Wildman–Crippen MR) is 223 cm³/mol. The molecule has 4 heteroatoms. The molecule has 0 fully saturated rings. The number of benzene rings is 7. The molecule has 0 aliphatic heterocycles. The highest BCUT2D eigenvalue weighted by atomic mass is 32.1. The number of aromatic nitrogens is 3. The maximum atomic E-state index is 4.83. The number of para-hydroxylation sites is 1. The molecule has 7 aromatic carbocycles. The first-order valence-electron chi connectivity index (χ1n) is 18.3. The number of thiophene rings is 1. The summed E-state index contributed by atoms with van der Waals surface area (Å²) in [6, 6.07) is 58.0. The first kappa shape index (κ1) is 30.4. The van der Waals surface area contributed by atoms with Crippen molar-refractivity contribution in [1.29, 1.82) is 0 Å². The third-order valence-electron chi connectivity index (χ3n) is 11.5. The van der Waals surface area contributed by atoms with Gasteiger partial charge in [0.1, 0.15) is 0 Å². The molecule has 10 aromatic rings. The highest BCUT2D eigenvalue weighted by molar-refractivity contribution is 7.26. The molecule has 3 nitrogen and oxygen atoms in total. The average molecular weight is 698 g/mol. The highest BCUT2D eigenvalue weighted by Crippen LogP contribution is 2.53. The van der Waals surface area contributed by atoms with E-state index >= 15 is 0 Å². The summed E-state index contributed by atoms with van der Waals surface area (Å²) in [5, 5.41) is 10.1. The van der Waals surface area contributed by atoms with E-state index in [1.54, 1.807) is 0 Å². The SMILES string of the molecule is CC1(C)c2ccccc2-c2ccc3c4ccccc4n(-c4cccc(Cn5nccc5-c5ccc(-c6cccc7c6sc6ccccc67)cc5)c4)c3c21. The summed E-state index contributed by atoms with van der Waals surface area (Å²) < 4.78 is 7.30. The van der Waals surface area contributed by atoms with E-state index in [1.165, 1.54) is 86.6 Å². The lowest BCUT2D eigenvalue weighted by Gasteiger charge is -2.23. The number of hydrogen-bond acceptors (Lipinski definition) is 2. The zero-order chi connectivity index (χ0) is 35.3. The van der Waals surface area contributed by atoms with Gasteiger partial charge >= 0.3 is 0 Å². The summed E-state index contributed by atoms with van der Waals surface area (Å²) in [5.74, 6) is 0. The van der Waals surface area contributed by atoms with Crippen LogP contribution in [0.4, 0.5) is 0 Å². The van der Waals surface area contributed by atoms with Crippen LogP contribution in [0.3, 0.4) is 0 Å². The van der Waals surface area contributed by atoms with Crippen LogP contribution in [0.5, 0.6) is 0 Å². The molecule has 1 aliphatic rings. The van der Waals surface area contributed by atoms with Crippen molar-refractivity contribution in [3.8, 4) is 39.2 Å². The van der Waals surface area contributed by atoms with Crippen molar-refractivity contribution in [2.75, 3.05) is 0 Å². The van der Waals surface area contributed by atoms with Gasteiger partial charge in [0, 0.05) is 48.2 Å². The average Bonchev–Trinajstić information content (AvgIpc) is 3.95. The lowest BCUT2D eigenvalue weighted by atomic mass is 9.81. The summed E-state index contributed by atoms with van der Waals surface area (Å²) >= 11 is 1.88. The van der Waals surface area contributed by atoms with Crippen molar-refractivity contribution in [3.63, 3.8) is 0 Å². The third kappa shape index (κ3) is 4.49. The summed E-state index contributed by atoms with van der Waals surface area (Å²) in [6.45, 7) is 5.43. The van der Waals surface area contributed by atoms with Gasteiger partial charge in [-0.1, -0.05) is 141 Å². The fourth-order valence-electron chi connectivity index (χ4n) is 9.05. The molecule has 3 aromatic heterocycles. The van der Waals surface area contributed by atoms with Crippen molar-refractivity contribution in [2.24, 2.45) is 0 Å². The van der Waals surface area contributed by atoms with Gasteiger partial charge in [-0.2, -0.15) is 5.10 Å². The standard InChI is InChI=1S/C49H35N3S/c1-49(2)42-18-6-3-13-36(42)39-25-26-40-37-14-4-7-19-44(37)52(47(40)46(39)49)34-12-9-11-31(29-34)30-51-43(27-28-50-51)33-23-21-32(22-24-33)35-16-10-17-41-38-15-5-8-20-45(38)53-48(35)41/h3-29H,30H2,1-2H3. The van der Waals surface area contributed by atoms with Gasteiger partial charge in [-0.15, -0.1) is 11.3 Å². The smallest absolute Gasteiger partial charge is 0.0686 e. The third-order valence-corrected chi connectivity index (χ3v) is 12.7. The summed E-state index contributed by atoms with van der Waals surface area (Å²) in [4.78, 5) is 0. The molecule has 0 saturated carbocycles. The number of nitrogens with zero attached hydrogens (tertiary/aromatic N) is 3. The molecular weight excluding hydrogens is 663 g/mol. The van der Waals surface area contributed by atoms with Crippen molar-refractivity contribution in [3.05, 3.63) is 181 Å². The normalized spacial score (nSPS) is 13.3. The minimum absolute atomic E-state index is 0.126. The van der Waals surface area contributed by atoms with Gasteiger partial charge in [-0.25, -0.2) is 0 Å². The number of hydrogen-bond donors (Lipinski definition) is 0. The molecule has 252 valence electrons. The van der Waals surface area contributed by atoms with E-state index in [1.807, 2.05) is 17.5 Å². The Morgan fingerprint density at radius 1 is 0.585 bits per heavy atom.